The molecule has 0 radical (unpaired) electrons. The zero-order valence-corrected chi connectivity index (χ0v) is 23.2. The van der Waals surface area contributed by atoms with Gasteiger partial charge in [-0.05, 0) is 41.9 Å². The Hall–Kier alpha value is -3.01. The van der Waals surface area contributed by atoms with Crippen LogP contribution in [-0.2, 0) is 11.2 Å². The van der Waals surface area contributed by atoms with Crippen LogP contribution < -0.4 is 4.74 Å². The van der Waals surface area contributed by atoms with Gasteiger partial charge >= 0.3 is 5.97 Å². The minimum absolute atomic E-state index is 0.200. The van der Waals surface area contributed by atoms with Crippen LogP contribution in [0, 0.1) is 5.92 Å². The van der Waals surface area contributed by atoms with Crippen LogP contribution in [0.25, 0.3) is 22.5 Å². The van der Waals surface area contributed by atoms with Gasteiger partial charge in [0, 0.05) is 12.0 Å². The Bertz CT molecular complexity index is 1080. The molecule has 38 heavy (non-hydrogen) atoms. The summed E-state index contributed by atoms with van der Waals surface area (Å²) in [5.41, 5.74) is 4.75. The lowest BCUT2D eigenvalue weighted by Gasteiger charge is -2.08. The molecule has 1 aliphatic rings. The van der Waals surface area contributed by atoms with Gasteiger partial charge in [0.1, 0.15) is 0 Å². The SMILES string of the molecule is CCCCCCCc1ccc(-c2ccc(-c3ncc(OC(=O)CCCCCC4CCCC4)cn3)cc2)cc1. The first-order valence-corrected chi connectivity index (χ1v) is 14.9. The summed E-state index contributed by atoms with van der Waals surface area (Å²) in [4.78, 5) is 21.0. The van der Waals surface area contributed by atoms with Crippen molar-refractivity contribution < 1.29 is 9.53 Å². The summed E-state index contributed by atoms with van der Waals surface area (Å²) in [6.07, 6.45) is 21.5. The van der Waals surface area contributed by atoms with Gasteiger partial charge in [0.15, 0.2) is 11.6 Å². The van der Waals surface area contributed by atoms with Crippen molar-refractivity contribution in [2.24, 2.45) is 5.92 Å². The lowest BCUT2D eigenvalue weighted by atomic mass is 9.99. The maximum Gasteiger partial charge on any atom is 0.311 e. The highest BCUT2D eigenvalue weighted by atomic mass is 16.5. The van der Waals surface area contributed by atoms with E-state index >= 15 is 0 Å². The van der Waals surface area contributed by atoms with Crippen LogP contribution in [0.1, 0.15) is 102 Å². The van der Waals surface area contributed by atoms with Gasteiger partial charge in [-0.1, -0.05) is 126 Å². The topological polar surface area (TPSA) is 52.1 Å². The number of aryl methyl sites for hydroxylation is 1. The molecule has 1 saturated carbocycles. The molecule has 0 atom stereocenters. The van der Waals surface area contributed by atoms with E-state index in [-0.39, 0.29) is 5.97 Å². The highest BCUT2D eigenvalue weighted by molar-refractivity contribution is 5.72. The molecule has 0 spiro atoms. The summed E-state index contributed by atoms with van der Waals surface area (Å²) in [5, 5.41) is 0. The van der Waals surface area contributed by atoms with E-state index in [0.29, 0.717) is 18.0 Å². The fraction of sp³-hybridized carbons (Fsp3) is 0.500. The summed E-state index contributed by atoms with van der Waals surface area (Å²) in [5.74, 6) is 1.76. The van der Waals surface area contributed by atoms with Gasteiger partial charge in [-0.2, -0.15) is 0 Å². The van der Waals surface area contributed by atoms with Crippen molar-refractivity contribution in [1.29, 1.82) is 0 Å². The van der Waals surface area contributed by atoms with Crippen molar-refractivity contribution in [3.05, 3.63) is 66.5 Å². The second-order valence-corrected chi connectivity index (χ2v) is 10.9. The van der Waals surface area contributed by atoms with E-state index in [2.05, 4.69) is 53.3 Å². The minimum atomic E-state index is -0.200. The van der Waals surface area contributed by atoms with Crippen LogP contribution in [0.3, 0.4) is 0 Å². The van der Waals surface area contributed by atoms with Crippen molar-refractivity contribution in [3.63, 3.8) is 0 Å². The van der Waals surface area contributed by atoms with Gasteiger partial charge in [-0.15, -0.1) is 0 Å². The fourth-order valence-corrected chi connectivity index (χ4v) is 5.49. The normalized spacial score (nSPS) is 13.6. The Balaban J connectivity index is 1.20. The molecule has 2 aromatic carbocycles. The molecular weight excluding hydrogens is 468 g/mol. The number of unbranched alkanes of at least 4 members (excludes halogenated alkanes) is 6. The van der Waals surface area contributed by atoms with Crippen LogP contribution >= 0.6 is 0 Å². The molecule has 4 heteroatoms. The maximum atomic E-state index is 12.2. The number of esters is 1. The smallest absolute Gasteiger partial charge is 0.311 e. The zero-order valence-electron chi connectivity index (χ0n) is 23.2. The molecule has 4 rings (SSSR count). The van der Waals surface area contributed by atoms with Crippen LogP contribution in [0.15, 0.2) is 60.9 Å². The average molecular weight is 513 g/mol. The first-order chi connectivity index (χ1) is 18.7. The summed E-state index contributed by atoms with van der Waals surface area (Å²) in [6, 6.07) is 17.2. The molecule has 0 saturated heterocycles. The third-order valence-corrected chi connectivity index (χ3v) is 7.83. The Morgan fingerprint density at radius 2 is 1.37 bits per heavy atom. The van der Waals surface area contributed by atoms with E-state index in [0.717, 1.165) is 30.7 Å². The number of carbonyl (C=O) groups is 1. The number of carbonyl (C=O) groups excluding carboxylic acids is 1. The van der Waals surface area contributed by atoms with E-state index in [1.807, 2.05) is 12.1 Å². The summed E-state index contributed by atoms with van der Waals surface area (Å²) < 4.78 is 5.45. The minimum Gasteiger partial charge on any atom is -0.423 e. The van der Waals surface area contributed by atoms with Crippen LogP contribution in [-0.4, -0.2) is 15.9 Å². The van der Waals surface area contributed by atoms with Crippen molar-refractivity contribution in [3.8, 4) is 28.3 Å². The van der Waals surface area contributed by atoms with Crippen LogP contribution in [0.2, 0.25) is 0 Å². The van der Waals surface area contributed by atoms with Crippen molar-refractivity contribution in [2.75, 3.05) is 0 Å². The predicted molar refractivity (Wildman–Crippen MR) is 156 cm³/mol. The quantitative estimate of drug-likeness (QED) is 0.150. The lowest BCUT2D eigenvalue weighted by Crippen LogP contribution is -2.08. The largest absolute Gasteiger partial charge is 0.423 e. The molecule has 0 unspecified atom stereocenters. The highest BCUT2D eigenvalue weighted by Crippen LogP contribution is 2.29. The number of hydrogen-bond acceptors (Lipinski definition) is 4. The molecule has 1 fully saturated rings. The molecule has 4 nitrogen and oxygen atoms in total. The van der Waals surface area contributed by atoms with E-state index < -0.39 is 0 Å². The predicted octanol–water partition coefficient (Wildman–Crippen LogP) is 9.37. The average Bonchev–Trinajstić information content (AvgIpc) is 3.47. The van der Waals surface area contributed by atoms with Crippen molar-refractivity contribution in [2.45, 2.75) is 103 Å². The zero-order chi connectivity index (χ0) is 26.4. The lowest BCUT2D eigenvalue weighted by molar-refractivity contribution is -0.134. The summed E-state index contributed by atoms with van der Waals surface area (Å²) in [6.45, 7) is 2.26. The van der Waals surface area contributed by atoms with Crippen molar-refractivity contribution >= 4 is 5.97 Å². The number of rotatable bonds is 15. The van der Waals surface area contributed by atoms with Gasteiger partial charge in [-0.25, -0.2) is 9.97 Å². The molecule has 0 bridgehead atoms. The van der Waals surface area contributed by atoms with Gasteiger partial charge in [0.25, 0.3) is 0 Å². The van der Waals surface area contributed by atoms with Gasteiger partial charge in [0.2, 0.25) is 0 Å². The number of hydrogen-bond donors (Lipinski definition) is 0. The Labute approximate surface area is 229 Å². The number of ether oxygens (including phenoxy) is 1. The van der Waals surface area contributed by atoms with Gasteiger partial charge in [0.05, 0.1) is 12.4 Å². The van der Waals surface area contributed by atoms with E-state index in [4.69, 9.17) is 4.74 Å². The third-order valence-electron chi connectivity index (χ3n) is 7.83. The standard InChI is InChI=1S/C34H44N2O2/c1-2-3-4-5-7-13-28-17-19-29(20-18-28)30-21-23-31(24-22-30)34-35-25-32(26-36-34)38-33(37)16-9-6-8-12-27-14-10-11-15-27/h17-27H,2-16H2,1H3. The number of aromatic nitrogens is 2. The molecular formula is C34H44N2O2. The summed E-state index contributed by atoms with van der Waals surface area (Å²) >= 11 is 0. The molecule has 0 aliphatic heterocycles. The van der Waals surface area contributed by atoms with E-state index in [1.54, 1.807) is 12.4 Å². The van der Waals surface area contributed by atoms with E-state index in [9.17, 15) is 4.79 Å². The Morgan fingerprint density at radius 1 is 0.763 bits per heavy atom. The third kappa shape index (κ3) is 9.08. The fourth-order valence-electron chi connectivity index (χ4n) is 5.49. The Morgan fingerprint density at radius 3 is 2.05 bits per heavy atom. The molecule has 202 valence electrons. The van der Waals surface area contributed by atoms with E-state index in [1.165, 1.54) is 87.3 Å². The molecule has 1 heterocycles. The molecule has 3 aromatic rings. The maximum absolute atomic E-state index is 12.2. The van der Waals surface area contributed by atoms with Gasteiger partial charge < -0.3 is 4.74 Å². The second kappa shape index (κ2) is 15.4. The first-order valence-electron chi connectivity index (χ1n) is 14.9. The summed E-state index contributed by atoms with van der Waals surface area (Å²) in [7, 11) is 0. The molecule has 0 N–H and O–H groups in total. The van der Waals surface area contributed by atoms with Crippen LogP contribution in [0.5, 0.6) is 5.75 Å². The van der Waals surface area contributed by atoms with Crippen molar-refractivity contribution in [1.82, 2.24) is 9.97 Å². The molecule has 0 amide bonds. The highest BCUT2D eigenvalue weighted by Gasteiger charge is 2.14. The second-order valence-electron chi connectivity index (χ2n) is 10.9. The monoisotopic (exact) mass is 512 g/mol. The van der Waals surface area contributed by atoms with Crippen LogP contribution in [0.4, 0.5) is 0 Å². The van der Waals surface area contributed by atoms with Gasteiger partial charge in [-0.3, -0.25) is 4.79 Å². The molecule has 1 aliphatic carbocycles. The first kappa shape index (κ1) is 28.0. The molecule has 1 aromatic heterocycles. The number of benzene rings is 2. The Kier molecular flexibility index (Phi) is 11.4. The number of nitrogens with zero attached hydrogens (tertiary/aromatic N) is 2.